The standard InChI is InChI=1S/C13H25N5/c1-11-12(10-14)13(17(3)15-11)16(2)8-9-18-6-4-5-7-18/h4-10,14H2,1-3H3. The molecular weight excluding hydrogens is 226 g/mol. The Kier molecular flexibility index (Phi) is 4.24. The first-order valence-corrected chi connectivity index (χ1v) is 6.79. The number of nitrogens with two attached hydrogens (primary N) is 1. The molecule has 1 aromatic rings. The quantitative estimate of drug-likeness (QED) is 0.838. The molecule has 18 heavy (non-hydrogen) atoms. The first-order valence-electron chi connectivity index (χ1n) is 6.79. The van der Waals surface area contributed by atoms with E-state index in [4.69, 9.17) is 5.73 Å². The third kappa shape index (κ3) is 2.67. The van der Waals surface area contributed by atoms with Gasteiger partial charge in [-0.05, 0) is 32.9 Å². The first-order chi connectivity index (χ1) is 8.63. The summed E-state index contributed by atoms with van der Waals surface area (Å²) in [7, 11) is 4.12. The van der Waals surface area contributed by atoms with Crippen LogP contribution in [-0.2, 0) is 13.6 Å². The minimum absolute atomic E-state index is 0.559. The van der Waals surface area contributed by atoms with Gasteiger partial charge in [-0.1, -0.05) is 0 Å². The van der Waals surface area contributed by atoms with E-state index in [9.17, 15) is 0 Å². The van der Waals surface area contributed by atoms with Crippen LogP contribution in [0.1, 0.15) is 24.1 Å². The molecule has 0 radical (unpaired) electrons. The van der Waals surface area contributed by atoms with Crippen molar-refractivity contribution in [3.63, 3.8) is 0 Å². The van der Waals surface area contributed by atoms with Crippen molar-refractivity contribution < 1.29 is 0 Å². The van der Waals surface area contributed by atoms with Gasteiger partial charge in [0.2, 0.25) is 0 Å². The second-order valence-corrected chi connectivity index (χ2v) is 5.19. The van der Waals surface area contributed by atoms with Crippen LogP contribution in [0.25, 0.3) is 0 Å². The van der Waals surface area contributed by atoms with Crippen LogP contribution >= 0.6 is 0 Å². The Morgan fingerprint density at radius 3 is 2.61 bits per heavy atom. The second kappa shape index (κ2) is 5.71. The van der Waals surface area contributed by atoms with Gasteiger partial charge in [-0.2, -0.15) is 5.10 Å². The number of hydrogen-bond acceptors (Lipinski definition) is 4. The lowest BCUT2D eigenvalue weighted by atomic mass is 10.2. The van der Waals surface area contributed by atoms with Crippen molar-refractivity contribution in [1.82, 2.24) is 14.7 Å². The smallest absolute Gasteiger partial charge is 0.131 e. The highest BCUT2D eigenvalue weighted by atomic mass is 15.4. The van der Waals surface area contributed by atoms with Crippen LogP contribution in [0.3, 0.4) is 0 Å². The largest absolute Gasteiger partial charge is 0.358 e. The van der Waals surface area contributed by atoms with E-state index < -0.39 is 0 Å². The molecule has 2 rings (SSSR count). The summed E-state index contributed by atoms with van der Waals surface area (Å²) in [6.45, 7) is 7.25. The van der Waals surface area contributed by atoms with Crippen LogP contribution in [0.5, 0.6) is 0 Å². The van der Waals surface area contributed by atoms with Gasteiger partial charge in [0.25, 0.3) is 0 Å². The number of anilines is 1. The van der Waals surface area contributed by atoms with Gasteiger partial charge in [-0.25, -0.2) is 0 Å². The molecule has 1 aromatic heterocycles. The maximum Gasteiger partial charge on any atom is 0.131 e. The molecule has 1 aliphatic heterocycles. The Morgan fingerprint density at radius 2 is 2.00 bits per heavy atom. The summed E-state index contributed by atoms with van der Waals surface area (Å²) in [6.07, 6.45) is 2.70. The third-order valence-corrected chi connectivity index (χ3v) is 3.83. The first kappa shape index (κ1) is 13.4. The van der Waals surface area contributed by atoms with Gasteiger partial charge in [-0.15, -0.1) is 0 Å². The molecule has 5 nitrogen and oxygen atoms in total. The molecule has 0 bridgehead atoms. The van der Waals surface area contributed by atoms with Crippen molar-refractivity contribution in [3.05, 3.63) is 11.3 Å². The molecule has 0 atom stereocenters. The molecule has 1 saturated heterocycles. The summed E-state index contributed by atoms with van der Waals surface area (Å²) in [5, 5.41) is 4.46. The Bertz CT molecular complexity index is 392. The number of hydrogen-bond donors (Lipinski definition) is 1. The van der Waals surface area contributed by atoms with Gasteiger partial charge in [0, 0.05) is 39.3 Å². The summed E-state index contributed by atoms with van der Waals surface area (Å²) in [5.74, 6) is 1.16. The molecule has 2 N–H and O–H groups in total. The molecule has 1 fully saturated rings. The highest BCUT2D eigenvalue weighted by Gasteiger charge is 2.17. The summed E-state index contributed by atoms with van der Waals surface area (Å²) >= 11 is 0. The van der Waals surface area contributed by atoms with Gasteiger partial charge in [0.05, 0.1) is 5.69 Å². The highest BCUT2D eigenvalue weighted by molar-refractivity contribution is 5.49. The molecule has 102 valence electrons. The van der Waals surface area contributed by atoms with E-state index in [2.05, 4.69) is 21.9 Å². The summed E-state index contributed by atoms with van der Waals surface area (Å²) < 4.78 is 1.95. The summed E-state index contributed by atoms with van der Waals surface area (Å²) in [6, 6.07) is 0. The van der Waals surface area contributed by atoms with Crippen LogP contribution in [0.2, 0.25) is 0 Å². The second-order valence-electron chi connectivity index (χ2n) is 5.19. The Hall–Kier alpha value is -1.07. The Balaban J connectivity index is 2.01. The molecule has 1 aliphatic rings. The average molecular weight is 251 g/mol. The van der Waals surface area contributed by atoms with Crippen molar-refractivity contribution in [2.45, 2.75) is 26.3 Å². The SMILES string of the molecule is Cc1nn(C)c(N(C)CCN2CCCC2)c1CN. The normalized spacial score (nSPS) is 16.4. The number of likely N-dealkylation sites (tertiary alicyclic amines) is 1. The van der Waals surface area contributed by atoms with E-state index in [-0.39, 0.29) is 0 Å². The average Bonchev–Trinajstić information content (AvgIpc) is 2.93. The molecular formula is C13H25N5. The number of nitrogens with zero attached hydrogens (tertiary/aromatic N) is 4. The van der Waals surface area contributed by atoms with Crippen LogP contribution < -0.4 is 10.6 Å². The third-order valence-electron chi connectivity index (χ3n) is 3.83. The number of likely N-dealkylation sites (N-methyl/N-ethyl adjacent to an activating group) is 1. The van der Waals surface area contributed by atoms with E-state index in [1.807, 2.05) is 18.7 Å². The fourth-order valence-corrected chi connectivity index (χ4v) is 2.81. The van der Waals surface area contributed by atoms with Crippen molar-refractivity contribution in [3.8, 4) is 0 Å². The van der Waals surface area contributed by atoms with E-state index in [0.29, 0.717) is 6.54 Å². The van der Waals surface area contributed by atoms with E-state index in [1.165, 1.54) is 31.5 Å². The summed E-state index contributed by atoms with van der Waals surface area (Å²) in [5.41, 5.74) is 8.04. The summed E-state index contributed by atoms with van der Waals surface area (Å²) in [4.78, 5) is 4.81. The maximum atomic E-state index is 5.83. The van der Waals surface area contributed by atoms with Gasteiger partial charge >= 0.3 is 0 Å². The van der Waals surface area contributed by atoms with Gasteiger partial charge in [-0.3, -0.25) is 4.68 Å². The zero-order valence-electron chi connectivity index (χ0n) is 11.8. The molecule has 5 heteroatoms. The predicted molar refractivity (Wildman–Crippen MR) is 74.8 cm³/mol. The number of aromatic nitrogens is 2. The molecule has 0 saturated carbocycles. The van der Waals surface area contributed by atoms with Crippen molar-refractivity contribution in [1.29, 1.82) is 0 Å². The predicted octanol–water partition coefficient (Wildman–Crippen LogP) is 0.719. The Labute approximate surface area is 110 Å². The lowest BCUT2D eigenvalue weighted by Gasteiger charge is -2.24. The highest BCUT2D eigenvalue weighted by Crippen LogP contribution is 2.21. The van der Waals surface area contributed by atoms with Gasteiger partial charge in [0.15, 0.2) is 0 Å². The van der Waals surface area contributed by atoms with Crippen molar-refractivity contribution in [2.24, 2.45) is 12.8 Å². The lowest BCUT2D eigenvalue weighted by molar-refractivity contribution is 0.346. The molecule has 0 aliphatic carbocycles. The van der Waals surface area contributed by atoms with E-state index in [1.54, 1.807) is 0 Å². The minimum Gasteiger partial charge on any atom is -0.358 e. The van der Waals surface area contributed by atoms with E-state index in [0.717, 1.165) is 24.6 Å². The number of rotatable bonds is 5. The van der Waals surface area contributed by atoms with Gasteiger partial charge in [0.1, 0.15) is 5.82 Å². The van der Waals surface area contributed by atoms with Crippen LogP contribution in [-0.4, -0.2) is 47.9 Å². The Morgan fingerprint density at radius 1 is 1.33 bits per heavy atom. The maximum absolute atomic E-state index is 5.83. The monoisotopic (exact) mass is 251 g/mol. The topological polar surface area (TPSA) is 50.3 Å². The van der Waals surface area contributed by atoms with Crippen molar-refractivity contribution in [2.75, 3.05) is 38.1 Å². The molecule has 0 spiro atoms. The zero-order chi connectivity index (χ0) is 13.1. The van der Waals surface area contributed by atoms with Crippen LogP contribution in [0.4, 0.5) is 5.82 Å². The lowest BCUT2D eigenvalue weighted by Crippen LogP contribution is -2.32. The minimum atomic E-state index is 0.559. The fourth-order valence-electron chi connectivity index (χ4n) is 2.81. The van der Waals surface area contributed by atoms with Gasteiger partial charge < -0.3 is 15.5 Å². The molecule has 0 aromatic carbocycles. The van der Waals surface area contributed by atoms with Crippen LogP contribution in [0.15, 0.2) is 0 Å². The van der Waals surface area contributed by atoms with Crippen LogP contribution in [0, 0.1) is 6.92 Å². The molecule has 0 amide bonds. The van der Waals surface area contributed by atoms with Crippen molar-refractivity contribution >= 4 is 5.82 Å². The molecule has 2 heterocycles. The fraction of sp³-hybridized carbons (Fsp3) is 0.769. The number of aryl methyl sites for hydroxylation is 2. The zero-order valence-corrected chi connectivity index (χ0v) is 11.8. The van der Waals surface area contributed by atoms with E-state index >= 15 is 0 Å². The molecule has 0 unspecified atom stereocenters.